The topological polar surface area (TPSA) is 45.8 Å². The van der Waals surface area contributed by atoms with Crippen molar-refractivity contribution in [1.29, 1.82) is 0 Å². The van der Waals surface area contributed by atoms with E-state index in [1.165, 1.54) is 0 Å². The van der Waals surface area contributed by atoms with Gasteiger partial charge in [0.25, 0.3) is 5.56 Å². The second-order valence-electron chi connectivity index (χ2n) is 4.24. The van der Waals surface area contributed by atoms with E-state index in [0.29, 0.717) is 5.39 Å². The predicted molar refractivity (Wildman–Crippen MR) is 65.8 cm³/mol. The normalized spacial score (nSPS) is 10.9. The zero-order valence-electron chi connectivity index (χ0n) is 9.92. The number of nitrogens with one attached hydrogen (secondary N) is 1. The fourth-order valence-electron chi connectivity index (χ4n) is 2.00. The largest absolute Gasteiger partial charge is 0.310 e. The fourth-order valence-corrected chi connectivity index (χ4v) is 2.00. The average Bonchev–Trinajstić information content (AvgIpc) is 2.20. The van der Waals surface area contributed by atoms with Gasteiger partial charge in [0.2, 0.25) is 0 Å². The number of benzene rings is 1. The maximum Gasteiger partial charge on any atom is 0.258 e. The number of hydrogen-bond donors (Lipinski definition) is 1. The molecule has 0 aliphatic rings. The smallest absolute Gasteiger partial charge is 0.258 e. The highest BCUT2D eigenvalue weighted by Gasteiger charge is 2.06. The van der Waals surface area contributed by atoms with Crippen molar-refractivity contribution in [3.05, 3.63) is 39.4 Å². The second kappa shape index (κ2) is 4.08. The van der Waals surface area contributed by atoms with E-state index in [2.05, 4.69) is 23.0 Å². The summed E-state index contributed by atoms with van der Waals surface area (Å²) in [5.74, 6) is 0.784. The minimum atomic E-state index is -0.0275. The Labute approximate surface area is 94.5 Å². The summed E-state index contributed by atoms with van der Waals surface area (Å²) in [6.45, 7) is 6.07. The SMILES string of the molecule is CCCc1nc2c(C)cc(C)cc2c(=O)[nH]1. The first-order chi connectivity index (χ1) is 7.61. The van der Waals surface area contributed by atoms with Gasteiger partial charge in [0, 0.05) is 6.42 Å². The van der Waals surface area contributed by atoms with Crippen molar-refractivity contribution in [3.8, 4) is 0 Å². The quantitative estimate of drug-likeness (QED) is 0.838. The molecule has 1 N–H and O–H groups in total. The van der Waals surface area contributed by atoms with Gasteiger partial charge in [-0.05, 0) is 37.5 Å². The first-order valence-corrected chi connectivity index (χ1v) is 5.62. The maximum atomic E-state index is 11.9. The van der Waals surface area contributed by atoms with E-state index < -0.39 is 0 Å². The third-order valence-electron chi connectivity index (χ3n) is 2.68. The van der Waals surface area contributed by atoms with Crippen LogP contribution in [0.25, 0.3) is 10.9 Å². The van der Waals surface area contributed by atoms with E-state index in [1.807, 2.05) is 19.9 Å². The Kier molecular flexibility index (Phi) is 2.77. The zero-order valence-corrected chi connectivity index (χ0v) is 9.92. The average molecular weight is 216 g/mol. The summed E-state index contributed by atoms with van der Waals surface area (Å²) in [6.07, 6.45) is 1.80. The molecule has 0 saturated heterocycles. The highest BCUT2D eigenvalue weighted by atomic mass is 16.1. The number of hydrogen-bond acceptors (Lipinski definition) is 2. The standard InChI is InChI=1S/C13H16N2O/c1-4-5-11-14-12-9(3)6-8(2)7-10(12)13(16)15-11/h6-7H,4-5H2,1-3H3,(H,14,15,16). The van der Waals surface area contributed by atoms with Crippen molar-refractivity contribution in [2.75, 3.05) is 0 Å². The second-order valence-corrected chi connectivity index (χ2v) is 4.24. The minimum Gasteiger partial charge on any atom is -0.310 e. The maximum absolute atomic E-state index is 11.9. The Morgan fingerprint density at radius 3 is 2.75 bits per heavy atom. The van der Waals surface area contributed by atoms with Crippen molar-refractivity contribution in [2.45, 2.75) is 33.6 Å². The third kappa shape index (κ3) is 1.85. The number of fused-ring (bicyclic) bond motifs is 1. The Morgan fingerprint density at radius 1 is 1.31 bits per heavy atom. The van der Waals surface area contributed by atoms with Crippen molar-refractivity contribution >= 4 is 10.9 Å². The van der Waals surface area contributed by atoms with Crippen LogP contribution in [0.3, 0.4) is 0 Å². The molecule has 3 nitrogen and oxygen atoms in total. The summed E-state index contributed by atoms with van der Waals surface area (Å²) in [5.41, 5.74) is 2.97. The molecule has 0 aliphatic heterocycles. The summed E-state index contributed by atoms with van der Waals surface area (Å²) in [7, 11) is 0. The Bertz CT molecular complexity index is 584. The predicted octanol–water partition coefficient (Wildman–Crippen LogP) is 2.49. The molecule has 0 bridgehead atoms. The van der Waals surface area contributed by atoms with Crippen LogP contribution in [0.2, 0.25) is 0 Å². The number of nitrogens with zero attached hydrogens (tertiary/aromatic N) is 1. The number of aromatic nitrogens is 2. The van der Waals surface area contributed by atoms with Crippen molar-refractivity contribution in [1.82, 2.24) is 9.97 Å². The molecule has 0 unspecified atom stereocenters. The van der Waals surface area contributed by atoms with Gasteiger partial charge >= 0.3 is 0 Å². The Morgan fingerprint density at radius 2 is 2.06 bits per heavy atom. The summed E-state index contributed by atoms with van der Waals surface area (Å²) >= 11 is 0. The number of aryl methyl sites for hydroxylation is 3. The third-order valence-corrected chi connectivity index (χ3v) is 2.68. The summed E-state index contributed by atoms with van der Waals surface area (Å²) in [4.78, 5) is 19.2. The molecule has 0 atom stereocenters. The first-order valence-electron chi connectivity index (χ1n) is 5.62. The Balaban J connectivity index is 2.77. The highest BCUT2D eigenvalue weighted by Crippen LogP contribution is 2.15. The van der Waals surface area contributed by atoms with Crippen LogP contribution in [0.5, 0.6) is 0 Å². The van der Waals surface area contributed by atoms with Gasteiger partial charge in [0.05, 0.1) is 10.9 Å². The molecule has 0 spiro atoms. The molecule has 2 rings (SSSR count). The molecular weight excluding hydrogens is 200 g/mol. The lowest BCUT2D eigenvalue weighted by atomic mass is 10.1. The van der Waals surface area contributed by atoms with Crippen molar-refractivity contribution < 1.29 is 0 Å². The van der Waals surface area contributed by atoms with E-state index in [9.17, 15) is 4.79 Å². The molecule has 2 aromatic rings. The molecule has 3 heteroatoms. The van der Waals surface area contributed by atoms with Gasteiger partial charge in [-0.15, -0.1) is 0 Å². The zero-order chi connectivity index (χ0) is 11.7. The molecule has 1 heterocycles. The number of H-pyrrole nitrogens is 1. The van der Waals surface area contributed by atoms with E-state index >= 15 is 0 Å². The van der Waals surface area contributed by atoms with Gasteiger partial charge in [-0.1, -0.05) is 13.0 Å². The molecule has 0 saturated carbocycles. The Hall–Kier alpha value is -1.64. The lowest BCUT2D eigenvalue weighted by molar-refractivity contribution is 0.836. The van der Waals surface area contributed by atoms with Crippen LogP contribution < -0.4 is 5.56 Å². The highest BCUT2D eigenvalue weighted by molar-refractivity contribution is 5.81. The van der Waals surface area contributed by atoms with E-state index in [0.717, 1.165) is 35.3 Å². The number of aromatic amines is 1. The van der Waals surface area contributed by atoms with Gasteiger partial charge in [-0.3, -0.25) is 4.79 Å². The van der Waals surface area contributed by atoms with Crippen LogP contribution in [-0.2, 0) is 6.42 Å². The molecule has 1 aromatic heterocycles. The molecule has 16 heavy (non-hydrogen) atoms. The van der Waals surface area contributed by atoms with Crippen molar-refractivity contribution in [3.63, 3.8) is 0 Å². The van der Waals surface area contributed by atoms with E-state index in [1.54, 1.807) is 0 Å². The molecular formula is C13H16N2O. The molecule has 0 aliphatic carbocycles. The monoisotopic (exact) mass is 216 g/mol. The molecule has 0 amide bonds. The van der Waals surface area contributed by atoms with Crippen LogP contribution in [-0.4, -0.2) is 9.97 Å². The first kappa shape index (κ1) is 10.9. The van der Waals surface area contributed by atoms with Crippen molar-refractivity contribution in [2.24, 2.45) is 0 Å². The van der Waals surface area contributed by atoms with Gasteiger partial charge in [0.15, 0.2) is 0 Å². The van der Waals surface area contributed by atoms with Crippen LogP contribution in [0.4, 0.5) is 0 Å². The lowest BCUT2D eigenvalue weighted by Crippen LogP contribution is -2.12. The van der Waals surface area contributed by atoms with Gasteiger partial charge in [-0.25, -0.2) is 4.98 Å². The molecule has 0 fully saturated rings. The van der Waals surface area contributed by atoms with E-state index in [-0.39, 0.29) is 5.56 Å². The molecule has 1 aromatic carbocycles. The summed E-state index contributed by atoms with van der Waals surface area (Å²) in [5, 5.41) is 0.692. The van der Waals surface area contributed by atoms with E-state index in [4.69, 9.17) is 0 Å². The molecule has 84 valence electrons. The summed E-state index contributed by atoms with van der Waals surface area (Å²) < 4.78 is 0. The minimum absolute atomic E-state index is 0.0275. The van der Waals surface area contributed by atoms with Gasteiger partial charge in [0.1, 0.15) is 5.82 Å². The fraction of sp³-hybridized carbons (Fsp3) is 0.385. The van der Waals surface area contributed by atoms with Crippen LogP contribution in [0.1, 0.15) is 30.3 Å². The lowest BCUT2D eigenvalue weighted by Gasteiger charge is -2.05. The number of rotatable bonds is 2. The van der Waals surface area contributed by atoms with Gasteiger partial charge < -0.3 is 4.98 Å². The molecule has 0 radical (unpaired) electrons. The van der Waals surface area contributed by atoms with Crippen LogP contribution >= 0.6 is 0 Å². The van der Waals surface area contributed by atoms with Gasteiger partial charge in [-0.2, -0.15) is 0 Å². The summed E-state index contributed by atoms with van der Waals surface area (Å²) in [6, 6.07) is 3.95. The van der Waals surface area contributed by atoms with Crippen LogP contribution in [0, 0.1) is 13.8 Å². The van der Waals surface area contributed by atoms with Crippen LogP contribution in [0.15, 0.2) is 16.9 Å².